The van der Waals surface area contributed by atoms with Crippen molar-refractivity contribution in [2.45, 2.75) is 13.5 Å². The third-order valence-electron chi connectivity index (χ3n) is 2.21. The fourth-order valence-electron chi connectivity index (χ4n) is 1.34. The van der Waals surface area contributed by atoms with Crippen molar-refractivity contribution in [1.82, 2.24) is 5.32 Å². The number of carbonyl (C=O) groups excluding carboxylic acids is 1. The van der Waals surface area contributed by atoms with Gasteiger partial charge in [-0.3, -0.25) is 4.57 Å². The zero-order valence-electron chi connectivity index (χ0n) is 10.7. The van der Waals surface area contributed by atoms with Gasteiger partial charge in [0.25, 0.3) is 0 Å². The van der Waals surface area contributed by atoms with Crippen LogP contribution in [-0.2, 0) is 20.4 Å². The number of hydrogen-bond donors (Lipinski definition) is 2. The van der Waals surface area contributed by atoms with E-state index in [0.717, 1.165) is 5.56 Å². The van der Waals surface area contributed by atoms with Gasteiger partial charge in [0.1, 0.15) is 6.61 Å². The molecule has 0 fully saturated rings. The molecular weight excluding hydrogens is 269 g/mol. The van der Waals surface area contributed by atoms with Gasteiger partial charge in [-0.1, -0.05) is 30.3 Å². The number of hydrogen-bond acceptors (Lipinski definition) is 4. The fourth-order valence-corrected chi connectivity index (χ4v) is 2.27. The first-order chi connectivity index (χ1) is 9.03. The normalized spacial score (nSPS) is 13.6. The van der Waals surface area contributed by atoms with Crippen molar-refractivity contribution in [3.63, 3.8) is 0 Å². The molecule has 1 amide bonds. The fraction of sp³-hybridized carbons (Fsp3) is 0.417. The second-order valence-electron chi connectivity index (χ2n) is 3.77. The van der Waals surface area contributed by atoms with Crippen LogP contribution in [0.5, 0.6) is 0 Å². The van der Waals surface area contributed by atoms with Gasteiger partial charge in [-0.25, -0.2) is 4.79 Å². The Morgan fingerprint density at radius 3 is 2.68 bits per heavy atom. The van der Waals surface area contributed by atoms with Gasteiger partial charge in [0, 0.05) is 6.54 Å². The summed E-state index contributed by atoms with van der Waals surface area (Å²) in [5, 5.41) is 2.39. The first kappa shape index (κ1) is 15.7. The lowest BCUT2D eigenvalue weighted by atomic mass is 10.2. The second-order valence-corrected chi connectivity index (χ2v) is 5.75. The first-order valence-corrected chi connectivity index (χ1v) is 7.70. The minimum absolute atomic E-state index is 0.0292. The van der Waals surface area contributed by atoms with Crippen LogP contribution in [0.25, 0.3) is 0 Å². The molecule has 1 aromatic carbocycles. The summed E-state index contributed by atoms with van der Waals surface area (Å²) in [6, 6.07) is 9.24. The van der Waals surface area contributed by atoms with Crippen LogP contribution in [0.3, 0.4) is 0 Å². The average Bonchev–Trinajstić information content (AvgIpc) is 2.37. The summed E-state index contributed by atoms with van der Waals surface area (Å²) in [7, 11) is -3.60. The molecule has 0 saturated carbocycles. The van der Waals surface area contributed by atoms with E-state index in [4.69, 9.17) is 4.74 Å². The average molecular weight is 287 g/mol. The largest absolute Gasteiger partial charge is 0.445 e. The lowest BCUT2D eigenvalue weighted by molar-refractivity contribution is 0.140. The van der Waals surface area contributed by atoms with Crippen LogP contribution in [0, 0.1) is 0 Å². The van der Waals surface area contributed by atoms with Crippen molar-refractivity contribution < 1.29 is 23.5 Å². The highest BCUT2D eigenvalue weighted by Crippen LogP contribution is 2.40. The van der Waals surface area contributed by atoms with Crippen LogP contribution >= 0.6 is 7.60 Å². The molecule has 0 heterocycles. The maximum Gasteiger partial charge on any atom is 0.407 e. The molecule has 0 spiro atoms. The third kappa shape index (κ3) is 6.96. The number of benzene rings is 1. The summed E-state index contributed by atoms with van der Waals surface area (Å²) in [4.78, 5) is 20.6. The number of alkyl carbamates (subject to hydrolysis) is 1. The van der Waals surface area contributed by atoms with Crippen LogP contribution in [0.15, 0.2) is 30.3 Å². The molecule has 0 aromatic heterocycles. The van der Waals surface area contributed by atoms with Crippen LogP contribution in [-0.4, -0.2) is 30.3 Å². The van der Waals surface area contributed by atoms with E-state index in [1.807, 2.05) is 30.3 Å². The van der Waals surface area contributed by atoms with Crippen molar-refractivity contribution >= 4 is 13.7 Å². The predicted octanol–water partition coefficient (Wildman–Crippen LogP) is 2.13. The number of carbonyl (C=O) groups is 1. The standard InChI is InChI=1S/C12H18NO5P/c1-2-18-19(15,16)9-8-13-12(14)17-10-11-6-4-3-5-7-11/h3-7H,2,8-10H2,1H3,(H,13,14)(H,15,16). The van der Waals surface area contributed by atoms with Gasteiger partial charge >= 0.3 is 13.7 Å². The van der Waals surface area contributed by atoms with Crippen molar-refractivity contribution in [2.75, 3.05) is 19.3 Å². The highest BCUT2D eigenvalue weighted by atomic mass is 31.2. The molecule has 1 aromatic rings. The molecule has 1 unspecified atom stereocenters. The molecule has 0 aliphatic carbocycles. The van der Waals surface area contributed by atoms with Gasteiger partial charge in [-0.05, 0) is 12.5 Å². The van der Waals surface area contributed by atoms with E-state index in [1.165, 1.54) is 0 Å². The first-order valence-electron chi connectivity index (χ1n) is 5.94. The molecule has 6 nitrogen and oxygen atoms in total. The highest BCUT2D eigenvalue weighted by molar-refractivity contribution is 7.52. The Hall–Kier alpha value is -1.36. The minimum Gasteiger partial charge on any atom is -0.445 e. The lowest BCUT2D eigenvalue weighted by Gasteiger charge is -2.11. The number of nitrogens with one attached hydrogen (secondary N) is 1. The molecule has 0 radical (unpaired) electrons. The third-order valence-corrected chi connectivity index (χ3v) is 3.66. The van der Waals surface area contributed by atoms with E-state index in [-0.39, 0.29) is 25.9 Å². The van der Waals surface area contributed by atoms with E-state index >= 15 is 0 Å². The topological polar surface area (TPSA) is 84.9 Å². The minimum atomic E-state index is -3.60. The number of rotatable bonds is 7. The van der Waals surface area contributed by atoms with Crippen molar-refractivity contribution in [2.24, 2.45) is 0 Å². The van der Waals surface area contributed by atoms with Crippen LogP contribution < -0.4 is 5.32 Å². The number of amides is 1. The van der Waals surface area contributed by atoms with Crippen LogP contribution in [0.4, 0.5) is 4.79 Å². The maximum atomic E-state index is 11.3. The van der Waals surface area contributed by atoms with Gasteiger partial charge in [0.05, 0.1) is 12.8 Å². The zero-order chi connectivity index (χ0) is 14.1. The summed E-state index contributed by atoms with van der Waals surface area (Å²) in [5.74, 6) is 0. The molecule has 0 bridgehead atoms. The van der Waals surface area contributed by atoms with E-state index in [9.17, 15) is 14.3 Å². The quantitative estimate of drug-likeness (QED) is 0.750. The van der Waals surface area contributed by atoms with Gasteiger partial charge < -0.3 is 19.5 Å². The predicted molar refractivity (Wildman–Crippen MR) is 70.9 cm³/mol. The summed E-state index contributed by atoms with van der Waals surface area (Å²) in [5.41, 5.74) is 0.875. The van der Waals surface area contributed by atoms with Crippen LogP contribution in [0.2, 0.25) is 0 Å². The zero-order valence-corrected chi connectivity index (χ0v) is 11.6. The Morgan fingerprint density at radius 2 is 2.05 bits per heavy atom. The monoisotopic (exact) mass is 287 g/mol. The molecule has 1 atom stereocenters. The second kappa shape index (κ2) is 7.94. The van der Waals surface area contributed by atoms with Gasteiger partial charge in [-0.15, -0.1) is 0 Å². The van der Waals surface area contributed by atoms with Gasteiger partial charge in [0.2, 0.25) is 0 Å². The smallest absolute Gasteiger partial charge is 0.407 e. The van der Waals surface area contributed by atoms with Gasteiger partial charge in [-0.2, -0.15) is 0 Å². The van der Waals surface area contributed by atoms with Crippen molar-refractivity contribution in [1.29, 1.82) is 0 Å². The molecule has 7 heteroatoms. The Morgan fingerprint density at radius 1 is 1.37 bits per heavy atom. The molecule has 0 aliphatic heterocycles. The molecule has 106 valence electrons. The Labute approximate surface area is 112 Å². The van der Waals surface area contributed by atoms with E-state index in [2.05, 4.69) is 9.84 Å². The molecule has 19 heavy (non-hydrogen) atoms. The SMILES string of the molecule is CCOP(=O)(O)CCNC(=O)OCc1ccccc1. The van der Waals surface area contributed by atoms with E-state index in [0.29, 0.717) is 0 Å². The lowest BCUT2D eigenvalue weighted by Crippen LogP contribution is -2.27. The molecule has 1 rings (SSSR count). The van der Waals surface area contributed by atoms with E-state index in [1.54, 1.807) is 6.92 Å². The summed E-state index contributed by atoms with van der Waals surface area (Å²) in [6.07, 6.45) is -0.762. The van der Waals surface area contributed by atoms with Gasteiger partial charge in [0.15, 0.2) is 0 Å². The maximum absolute atomic E-state index is 11.3. The Kier molecular flexibility index (Phi) is 6.56. The molecule has 0 aliphatic rings. The molecule has 0 saturated heterocycles. The highest BCUT2D eigenvalue weighted by Gasteiger charge is 2.18. The van der Waals surface area contributed by atoms with Crippen molar-refractivity contribution in [3.8, 4) is 0 Å². The van der Waals surface area contributed by atoms with Crippen molar-refractivity contribution in [3.05, 3.63) is 35.9 Å². The number of ether oxygens (including phenoxy) is 1. The summed E-state index contributed by atoms with van der Waals surface area (Å²) >= 11 is 0. The Balaban J connectivity index is 2.20. The summed E-state index contributed by atoms with van der Waals surface area (Å²) < 4.78 is 20.9. The van der Waals surface area contributed by atoms with E-state index < -0.39 is 13.7 Å². The van der Waals surface area contributed by atoms with Crippen LogP contribution in [0.1, 0.15) is 12.5 Å². The molecular formula is C12H18NO5P. The summed E-state index contributed by atoms with van der Waals surface area (Å²) in [6.45, 7) is 1.98. The Bertz CT molecular complexity index is 437. The molecule has 2 N–H and O–H groups in total.